The van der Waals surface area contributed by atoms with Gasteiger partial charge in [0.05, 0.1) is 11.1 Å². The second kappa shape index (κ2) is 19.7. The number of nitrogens with zero attached hydrogens (tertiary/aromatic N) is 3. The summed E-state index contributed by atoms with van der Waals surface area (Å²) >= 11 is 0. The third kappa shape index (κ3) is 7.84. The second-order valence-electron chi connectivity index (χ2n) is 24.8. The van der Waals surface area contributed by atoms with Crippen LogP contribution >= 0.6 is 0 Å². The third-order valence-corrected chi connectivity index (χ3v) is 18.9. The normalized spacial score (nSPS) is 13.5. The molecule has 0 radical (unpaired) electrons. The van der Waals surface area contributed by atoms with Gasteiger partial charge in [-0.1, -0.05) is 251 Å². The molecule has 0 saturated heterocycles. The Hall–Kier alpha value is -10.7. The SMILES string of the molecule is CC(C)(C)c1ccc2c(c1)B1c3cc4c(cc3N(c3ccc(-c5ccccc5)cc3)c3cc(N(c5ccccc5)c5ccccc5)cc(c31)N2c1cc(-c2ccccc2)cc(-c2ccccc2)c1)-c1ccccc1C41c2ccccc2-c2ccccc21. The molecule has 17 rings (SSSR count). The molecule has 4 aliphatic rings. The molecule has 2 aliphatic carbocycles. The van der Waals surface area contributed by atoms with Gasteiger partial charge in [-0.15, -0.1) is 0 Å². The van der Waals surface area contributed by atoms with E-state index in [1.165, 1.54) is 100 Å². The Morgan fingerprint density at radius 2 is 0.724 bits per heavy atom. The van der Waals surface area contributed by atoms with E-state index in [0.29, 0.717) is 0 Å². The van der Waals surface area contributed by atoms with Gasteiger partial charge < -0.3 is 14.7 Å². The van der Waals surface area contributed by atoms with Crippen LogP contribution in [0.3, 0.4) is 0 Å². The van der Waals surface area contributed by atoms with Crippen LogP contribution in [-0.4, -0.2) is 6.71 Å². The topological polar surface area (TPSA) is 9.72 Å². The molecule has 4 heteroatoms. The first-order chi connectivity index (χ1) is 42.8. The van der Waals surface area contributed by atoms with E-state index in [4.69, 9.17) is 0 Å². The van der Waals surface area contributed by atoms with Crippen LogP contribution in [0.15, 0.2) is 309 Å². The summed E-state index contributed by atoms with van der Waals surface area (Å²) in [6, 6.07) is 116. The Morgan fingerprint density at radius 1 is 0.299 bits per heavy atom. The molecular formula is C83H60BN3. The third-order valence-electron chi connectivity index (χ3n) is 18.9. The van der Waals surface area contributed by atoms with Crippen molar-refractivity contribution in [3.8, 4) is 55.6 Å². The average Bonchev–Trinajstić information content (AvgIpc) is 1.61. The van der Waals surface area contributed by atoms with Crippen molar-refractivity contribution in [2.45, 2.75) is 31.6 Å². The highest BCUT2D eigenvalue weighted by Crippen LogP contribution is 2.64. The first-order valence-corrected chi connectivity index (χ1v) is 30.5. The summed E-state index contributed by atoms with van der Waals surface area (Å²) in [4.78, 5) is 7.68. The molecule has 0 bridgehead atoms. The molecule has 0 fully saturated rings. The van der Waals surface area contributed by atoms with E-state index in [-0.39, 0.29) is 12.1 Å². The molecule has 13 aromatic rings. The monoisotopic (exact) mass is 1110 g/mol. The lowest BCUT2D eigenvalue weighted by atomic mass is 9.33. The lowest BCUT2D eigenvalue weighted by Gasteiger charge is -2.46. The fraction of sp³-hybridized carbons (Fsp3) is 0.0602. The molecule has 0 N–H and O–H groups in total. The minimum absolute atomic E-state index is 0.142. The van der Waals surface area contributed by atoms with Crippen molar-refractivity contribution in [1.29, 1.82) is 0 Å². The summed E-state index contributed by atoms with van der Waals surface area (Å²) < 4.78 is 0. The Balaban J connectivity index is 1.02. The van der Waals surface area contributed by atoms with Crippen LogP contribution in [0.25, 0.3) is 55.6 Å². The molecule has 2 aliphatic heterocycles. The number of hydrogen-bond donors (Lipinski definition) is 0. The molecule has 2 heterocycles. The van der Waals surface area contributed by atoms with Gasteiger partial charge in [-0.05, 0) is 184 Å². The minimum atomic E-state index is -0.544. The zero-order chi connectivity index (χ0) is 58.0. The highest BCUT2D eigenvalue weighted by molar-refractivity contribution is 7.00. The summed E-state index contributed by atoms with van der Waals surface area (Å²) in [5, 5.41) is 0. The lowest BCUT2D eigenvalue weighted by Crippen LogP contribution is -2.61. The molecule has 0 amide bonds. The molecule has 13 aromatic carbocycles. The van der Waals surface area contributed by atoms with Crippen molar-refractivity contribution in [1.82, 2.24) is 0 Å². The molecule has 1 spiro atoms. The molecule has 0 saturated carbocycles. The average molecular weight is 1110 g/mol. The zero-order valence-corrected chi connectivity index (χ0v) is 48.9. The maximum atomic E-state index is 2.67. The van der Waals surface area contributed by atoms with E-state index in [2.05, 4.69) is 345 Å². The predicted molar refractivity (Wildman–Crippen MR) is 366 cm³/mol. The number of anilines is 9. The van der Waals surface area contributed by atoms with E-state index < -0.39 is 5.41 Å². The quantitative estimate of drug-likeness (QED) is 0.140. The summed E-state index contributed by atoms with van der Waals surface area (Å²) in [7, 11) is 0. The minimum Gasteiger partial charge on any atom is -0.311 e. The van der Waals surface area contributed by atoms with Crippen molar-refractivity contribution in [2.24, 2.45) is 0 Å². The van der Waals surface area contributed by atoms with E-state index >= 15 is 0 Å². The highest BCUT2D eigenvalue weighted by Gasteiger charge is 2.54. The fourth-order valence-electron chi connectivity index (χ4n) is 15.1. The first-order valence-electron chi connectivity index (χ1n) is 30.5. The van der Waals surface area contributed by atoms with Gasteiger partial charge in [-0.3, -0.25) is 0 Å². The zero-order valence-electron chi connectivity index (χ0n) is 48.9. The molecular weight excluding hydrogens is 1050 g/mol. The van der Waals surface area contributed by atoms with Gasteiger partial charge in [0.15, 0.2) is 0 Å². The Kier molecular flexibility index (Phi) is 11.5. The van der Waals surface area contributed by atoms with Gasteiger partial charge in [0.2, 0.25) is 0 Å². The molecule has 410 valence electrons. The van der Waals surface area contributed by atoms with Gasteiger partial charge in [-0.2, -0.15) is 0 Å². The summed E-state index contributed by atoms with van der Waals surface area (Å²) in [5.41, 5.74) is 32.0. The van der Waals surface area contributed by atoms with Gasteiger partial charge in [0.1, 0.15) is 0 Å². The van der Waals surface area contributed by atoms with Crippen LogP contribution in [0, 0.1) is 0 Å². The van der Waals surface area contributed by atoms with Crippen molar-refractivity contribution >= 4 is 74.3 Å². The van der Waals surface area contributed by atoms with Crippen LogP contribution < -0.4 is 31.1 Å². The van der Waals surface area contributed by atoms with Crippen LogP contribution in [0.1, 0.15) is 48.6 Å². The standard InChI is InChI=1S/C83H60BN3/c1-82(2,3)61-43-46-77-75(50-61)84-76-54-74-70(69-37-21-24-40-73(69)83(74)71-38-22-19-35-67(71)68-36-20-23-39-72(68)83)53-78(76)86(64-44-41-58(42-45-64)55-25-9-4-10-26-55)79-51-66(85(62-31-15-7-16-32-62)63-33-17-8-18-34-63)52-80(81(79)84)87(77)65-48-59(56-27-11-5-12-28-56)47-60(49-65)57-29-13-6-14-30-57/h4-54H,1-3H3. The molecule has 87 heavy (non-hydrogen) atoms. The van der Waals surface area contributed by atoms with E-state index in [9.17, 15) is 0 Å². The van der Waals surface area contributed by atoms with Crippen molar-refractivity contribution < 1.29 is 0 Å². The van der Waals surface area contributed by atoms with E-state index in [0.717, 1.165) is 50.9 Å². The van der Waals surface area contributed by atoms with Gasteiger partial charge >= 0.3 is 0 Å². The maximum absolute atomic E-state index is 2.67. The van der Waals surface area contributed by atoms with Crippen LogP contribution in [0.4, 0.5) is 51.2 Å². The van der Waals surface area contributed by atoms with Crippen LogP contribution in [0.5, 0.6) is 0 Å². The summed E-state index contributed by atoms with van der Waals surface area (Å²) in [6.07, 6.45) is 0. The number of para-hydroxylation sites is 2. The van der Waals surface area contributed by atoms with Crippen LogP contribution in [-0.2, 0) is 10.8 Å². The molecule has 0 atom stereocenters. The van der Waals surface area contributed by atoms with Crippen molar-refractivity contribution in [2.75, 3.05) is 14.7 Å². The van der Waals surface area contributed by atoms with Gasteiger partial charge in [0, 0.05) is 45.5 Å². The fourth-order valence-corrected chi connectivity index (χ4v) is 15.1. The Morgan fingerprint density at radius 3 is 1.23 bits per heavy atom. The van der Waals surface area contributed by atoms with Gasteiger partial charge in [-0.25, -0.2) is 0 Å². The number of benzene rings is 13. The Bertz CT molecular complexity index is 4700. The largest absolute Gasteiger partial charge is 0.311 e. The van der Waals surface area contributed by atoms with Crippen LogP contribution in [0.2, 0.25) is 0 Å². The van der Waals surface area contributed by atoms with E-state index in [1.807, 2.05) is 0 Å². The van der Waals surface area contributed by atoms with Crippen molar-refractivity contribution in [3.63, 3.8) is 0 Å². The molecule has 3 nitrogen and oxygen atoms in total. The lowest BCUT2D eigenvalue weighted by molar-refractivity contribution is 0.591. The molecule has 0 aromatic heterocycles. The summed E-state index contributed by atoms with van der Waals surface area (Å²) in [5.74, 6) is 0. The number of rotatable bonds is 8. The maximum Gasteiger partial charge on any atom is 0.252 e. The van der Waals surface area contributed by atoms with Gasteiger partial charge in [0.25, 0.3) is 6.71 Å². The van der Waals surface area contributed by atoms with E-state index in [1.54, 1.807) is 0 Å². The predicted octanol–water partition coefficient (Wildman–Crippen LogP) is 19.9. The van der Waals surface area contributed by atoms with Crippen molar-refractivity contribution in [3.05, 3.63) is 337 Å². The Labute approximate surface area is 510 Å². The molecule has 0 unspecified atom stereocenters. The number of hydrogen-bond acceptors (Lipinski definition) is 3. The summed E-state index contributed by atoms with van der Waals surface area (Å²) in [6.45, 7) is 6.89. The second-order valence-corrected chi connectivity index (χ2v) is 24.8. The highest BCUT2D eigenvalue weighted by atomic mass is 15.2. The number of fused-ring (bicyclic) bond motifs is 14. The first kappa shape index (κ1) is 50.8. The smallest absolute Gasteiger partial charge is 0.252 e.